The smallest absolute Gasteiger partial charge is 0.255 e. The van der Waals surface area contributed by atoms with E-state index in [0.717, 1.165) is 6.07 Å². The predicted octanol–water partition coefficient (Wildman–Crippen LogP) is 4.64. The molecule has 2 fully saturated rings. The van der Waals surface area contributed by atoms with Crippen molar-refractivity contribution >= 4 is 27.1 Å². The Balaban J connectivity index is 1.71. The fourth-order valence-corrected chi connectivity index (χ4v) is 6.69. The minimum atomic E-state index is -4.04. The molecule has 0 radical (unpaired) electrons. The number of sulfone groups is 1. The van der Waals surface area contributed by atoms with Crippen molar-refractivity contribution in [1.29, 1.82) is 0 Å². The van der Waals surface area contributed by atoms with Gasteiger partial charge in [0, 0.05) is 34.9 Å². The molecule has 1 aliphatic carbocycles. The van der Waals surface area contributed by atoms with Gasteiger partial charge in [-0.3, -0.25) is 4.79 Å². The van der Waals surface area contributed by atoms with E-state index in [0.29, 0.717) is 38.0 Å². The standard InChI is InChI=1S/C20H17F3N4O4S/c21-13-8-12(9-14(22)18(13)23)25-20(28)11-1-3-15(26-27-24)17(7-11)32(29,30)19-10-2-4-16(19)31-6-5-10/h1,3,7-10,16,19H,2,4-6H2,(H,25,28)/t10?,16?,19-/m1/s1. The zero-order chi connectivity index (χ0) is 23.0. The van der Waals surface area contributed by atoms with Crippen molar-refractivity contribution in [3.05, 3.63) is 63.8 Å². The van der Waals surface area contributed by atoms with Gasteiger partial charge in [0.05, 0.1) is 21.9 Å². The van der Waals surface area contributed by atoms with E-state index in [1.165, 1.54) is 12.1 Å². The van der Waals surface area contributed by atoms with E-state index in [1.807, 2.05) is 0 Å². The maximum atomic E-state index is 13.5. The van der Waals surface area contributed by atoms with Gasteiger partial charge in [0.15, 0.2) is 27.3 Å². The Bertz CT molecular complexity index is 1210. The maximum absolute atomic E-state index is 13.5. The molecule has 2 aliphatic rings. The molecule has 4 rings (SSSR count). The molecule has 1 amide bonds. The molecule has 12 heteroatoms. The van der Waals surface area contributed by atoms with Gasteiger partial charge < -0.3 is 10.1 Å². The Hall–Kier alpha value is -3.08. The van der Waals surface area contributed by atoms with Crippen LogP contribution in [0.5, 0.6) is 0 Å². The SMILES string of the molecule is [N-]=[N+]=Nc1ccc(C(=O)Nc2cc(F)c(F)c(F)c2)cc1S(=O)(=O)[C@@H]1C2CCOC1CC2. The van der Waals surface area contributed by atoms with E-state index in [4.69, 9.17) is 10.3 Å². The summed E-state index contributed by atoms with van der Waals surface area (Å²) in [5.74, 6) is -5.66. The first kappa shape index (κ1) is 22.1. The van der Waals surface area contributed by atoms with E-state index in [2.05, 4.69) is 15.3 Å². The first-order chi connectivity index (χ1) is 15.2. The molecule has 32 heavy (non-hydrogen) atoms. The molecular formula is C20H17F3N4O4S. The zero-order valence-corrected chi connectivity index (χ0v) is 17.3. The average molecular weight is 466 g/mol. The van der Waals surface area contributed by atoms with Crippen LogP contribution in [-0.2, 0) is 14.6 Å². The topological polar surface area (TPSA) is 121 Å². The summed E-state index contributed by atoms with van der Waals surface area (Å²) >= 11 is 0. The van der Waals surface area contributed by atoms with Crippen LogP contribution < -0.4 is 5.32 Å². The molecule has 168 valence electrons. The number of nitrogens with one attached hydrogen (secondary N) is 1. The highest BCUT2D eigenvalue weighted by molar-refractivity contribution is 7.92. The fraction of sp³-hybridized carbons (Fsp3) is 0.350. The lowest BCUT2D eigenvalue weighted by Crippen LogP contribution is -2.40. The molecule has 1 heterocycles. The monoisotopic (exact) mass is 466 g/mol. The number of halogens is 3. The predicted molar refractivity (Wildman–Crippen MR) is 108 cm³/mol. The van der Waals surface area contributed by atoms with Crippen molar-refractivity contribution in [2.45, 2.75) is 35.5 Å². The number of nitrogens with zero attached hydrogens (tertiary/aromatic N) is 3. The fourth-order valence-electron chi connectivity index (χ4n) is 4.31. The Kier molecular flexibility index (Phi) is 5.85. The lowest BCUT2D eigenvalue weighted by Gasteiger charge is -2.30. The number of carbonyl (C=O) groups excluding carboxylic acids is 1. The third kappa shape index (κ3) is 3.92. The number of rotatable bonds is 5. The molecule has 1 saturated carbocycles. The second-order valence-corrected chi connectivity index (χ2v) is 9.70. The Morgan fingerprint density at radius 1 is 1.12 bits per heavy atom. The van der Waals surface area contributed by atoms with Crippen molar-refractivity contribution in [3.8, 4) is 0 Å². The van der Waals surface area contributed by atoms with Gasteiger partial charge in [0.2, 0.25) is 0 Å². The average Bonchev–Trinajstić information content (AvgIpc) is 3.02. The Labute approximate surface area is 180 Å². The molecule has 2 aromatic rings. The van der Waals surface area contributed by atoms with Crippen LogP contribution in [0.15, 0.2) is 40.3 Å². The highest BCUT2D eigenvalue weighted by Crippen LogP contribution is 2.43. The molecular weight excluding hydrogens is 449 g/mol. The summed E-state index contributed by atoms with van der Waals surface area (Å²) in [6.45, 7) is 0.470. The van der Waals surface area contributed by atoms with Crippen molar-refractivity contribution < 1.29 is 31.1 Å². The van der Waals surface area contributed by atoms with Gasteiger partial charge >= 0.3 is 0 Å². The second kappa shape index (κ2) is 8.45. The molecule has 3 atom stereocenters. The summed E-state index contributed by atoms with van der Waals surface area (Å²) in [6, 6.07) is 4.64. The van der Waals surface area contributed by atoms with E-state index < -0.39 is 44.5 Å². The third-order valence-electron chi connectivity index (χ3n) is 5.75. The molecule has 1 aliphatic heterocycles. The summed E-state index contributed by atoms with van der Waals surface area (Å²) < 4.78 is 72.6. The number of benzene rings is 2. The summed E-state index contributed by atoms with van der Waals surface area (Å²) in [7, 11) is -4.04. The van der Waals surface area contributed by atoms with Gasteiger partial charge in [-0.1, -0.05) is 11.2 Å². The molecule has 2 bridgehead atoms. The van der Waals surface area contributed by atoms with Gasteiger partial charge in [-0.2, -0.15) is 0 Å². The van der Waals surface area contributed by atoms with E-state index in [1.54, 1.807) is 0 Å². The van der Waals surface area contributed by atoms with Crippen molar-refractivity contribution in [3.63, 3.8) is 0 Å². The lowest BCUT2D eigenvalue weighted by molar-refractivity contribution is 0.0286. The minimum absolute atomic E-state index is 0.111. The van der Waals surface area contributed by atoms with Gasteiger partial charge in [0.1, 0.15) is 0 Å². The number of amides is 1. The van der Waals surface area contributed by atoms with Crippen LogP contribution in [0.25, 0.3) is 10.4 Å². The lowest BCUT2D eigenvalue weighted by atomic mass is 10.0. The summed E-state index contributed by atoms with van der Waals surface area (Å²) in [4.78, 5) is 14.9. The highest BCUT2D eigenvalue weighted by atomic mass is 32.2. The molecule has 0 aromatic heterocycles. The number of azide groups is 1. The van der Waals surface area contributed by atoms with Crippen LogP contribution in [0.1, 0.15) is 29.6 Å². The van der Waals surface area contributed by atoms with Gasteiger partial charge in [0.25, 0.3) is 5.91 Å². The molecule has 1 saturated heterocycles. The summed E-state index contributed by atoms with van der Waals surface area (Å²) in [5.41, 5.74) is 8.16. The van der Waals surface area contributed by atoms with Crippen LogP contribution >= 0.6 is 0 Å². The second-order valence-electron chi connectivity index (χ2n) is 7.62. The molecule has 1 N–H and O–H groups in total. The molecule has 0 spiro atoms. The molecule has 2 aromatic carbocycles. The van der Waals surface area contributed by atoms with E-state index >= 15 is 0 Å². The molecule has 8 nitrogen and oxygen atoms in total. The van der Waals surface area contributed by atoms with Crippen molar-refractivity contribution in [1.82, 2.24) is 0 Å². The number of fused-ring (bicyclic) bond motifs is 2. The number of anilines is 1. The summed E-state index contributed by atoms with van der Waals surface area (Å²) in [5, 5.41) is 4.81. The Morgan fingerprint density at radius 3 is 2.50 bits per heavy atom. The Morgan fingerprint density at radius 2 is 1.84 bits per heavy atom. The van der Waals surface area contributed by atoms with E-state index in [9.17, 15) is 26.4 Å². The largest absolute Gasteiger partial charge is 0.377 e. The van der Waals surface area contributed by atoms with Crippen LogP contribution in [0.4, 0.5) is 24.5 Å². The first-order valence-electron chi connectivity index (χ1n) is 9.73. The number of carbonyl (C=O) groups is 1. The van der Waals surface area contributed by atoms with Gasteiger partial charge in [-0.15, -0.1) is 0 Å². The van der Waals surface area contributed by atoms with Crippen LogP contribution in [0.2, 0.25) is 0 Å². The zero-order valence-electron chi connectivity index (χ0n) is 16.5. The van der Waals surface area contributed by atoms with Gasteiger partial charge in [-0.25, -0.2) is 21.6 Å². The number of hydrogen-bond donors (Lipinski definition) is 1. The molecule has 2 unspecified atom stereocenters. The summed E-state index contributed by atoms with van der Waals surface area (Å²) in [6.07, 6.45) is 1.37. The number of ether oxygens (including phenoxy) is 1. The maximum Gasteiger partial charge on any atom is 0.255 e. The quantitative estimate of drug-likeness (QED) is 0.299. The normalized spacial score (nSPS) is 22.3. The van der Waals surface area contributed by atoms with Crippen LogP contribution in [0.3, 0.4) is 0 Å². The minimum Gasteiger partial charge on any atom is -0.377 e. The van der Waals surface area contributed by atoms with Gasteiger partial charge in [-0.05, 0) is 42.8 Å². The highest BCUT2D eigenvalue weighted by Gasteiger charge is 2.48. The third-order valence-corrected chi connectivity index (χ3v) is 8.10. The van der Waals surface area contributed by atoms with Crippen molar-refractivity contribution in [2.75, 3.05) is 11.9 Å². The van der Waals surface area contributed by atoms with Crippen molar-refractivity contribution in [2.24, 2.45) is 11.0 Å². The first-order valence-corrected chi connectivity index (χ1v) is 11.3. The van der Waals surface area contributed by atoms with Crippen LogP contribution in [0, 0.1) is 23.4 Å². The number of hydrogen-bond acceptors (Lipinski definition) is 5. The van der Waals surface area contributed by atoms with Crippen LogP contribution in [-0.4, -0.2) is 32.3 Å². The van der Waals surface area contributed by atoms with E-state index in [-0.39, 0.29) is 27.8 Å².